The van der Waals surface area contributed by atoms with E-state index in [1.54, 1.807) is 12.1 Å². The molecular weight excluding hydrogens is 234 g/mol. The summed E-state index contributed by atoms with van der Waals surface area (Å²) in [6.45, 7) is 4.02. The Balaban J connectivity index is 2.52. The van der Waals surface area contributed by atoms with Gasteiger partial charge in [-0.2, -0.15) is 0 Å². The smallest absolute Gasteiger partial charge is 0.269 e. The maximum Gasteiger partial charge on any atom is 0.269 e. The monoisotopic (exact) mass is 251 g/mol. The third kappa shape index (κ3) is 4.92. The van der Waals surface area contributed by atoms with E-state index in [9.17, 15) is 14.9 Å². The highest BCUT2D eigenvalue weighted by Crippen LogP contribution is 2.12. The van der Waals surface area contributed by atoms with Gasteiger partial charge in [-0.3, -0.25) is 14.9 Å². The summed E-state index contributed by atoms with van der Waals surface area (Å²) < 4.78 is 0. The molecule has 0 aliphatic rings. The summed E-state index contributed by atoms with van der Waals surface area (Å²) in [6.07, 6.45) is 0.189. The minimum Gasteiger partial charge on any atom is -0.354 e. The topological polar surface area (TPSA) is 98.3 Å². The largest absolute Gasteiger partial charge is 0.354 e. The Morgan fingerprint density at radius 1 is 1.39 bits per heavy atom. The van der Waals surface area contributed by atoms with Crippen molar-refractivity contribution in [1.82, 2.24) is 5.32 Å². The fraction of sp³-hybridized carbons (Fsp3) is 0.417. The summed E-state index contributed by atoms with van der Waals surface area (Å²) >= 11 is 0. The van der Waals surface area contributed by atoms with Gasteiger partial charge in [0.05, 0.1) is 11.3 Å². The number of nitro groups is 1. The molecule has 0 aromatic heterocycles. The Hall–Kier alpha value is -1.95. The molecule has 0 aliphatic carbocycles. The highest BCUT2D eigenvalue weighted by atomic mass is 16.6. The summed E-state index contributed by atoms with van der Waals surface area (Å²) in [5.41, 5.74) is 6.03. The van der Waals surface area contributed by atoms with Gasteiger partial charge >= 0.3 is 0 Å². The normalized spacial score (nSPS) is 11.1. The summed E-state index contributed by atoms with van der Waals surface area (Å²) in [7, 11) is 0. The van der Waals surface area contributed by atoms with E-state index in [1.807, 2.05) is 13.8 Å². The molecule has 0 fully saturated rings. The predicted molar refractivity (Wildman–Crippen MR) is 68.1 cm³/mol. The molecule has 0 saturated heterocycles. The molecule has 0 unspecified atom stereocenters. The Labute approximate surface area is 105 Å². The van der Waals surface area contributed by atoms with Crippen LogP contribution in [-0.2, 0) is 11.2 Å². The molecule has 1 amide bonds. The first-order valence-electron chi connectivity index (χ1n) is 5.57. The molecule has 6 heteroatoms. The molecule has 3 N–H and O–H groups in total. The van der Waals surface area contributed by atoms with E-state index in [0.717, 1.165) is 5.56 Å². The van der Waals surface area contributed by atoms with E-state index in [1.165, 1.54) is 12.1 Å². The fourth-order valence-electron chi connectivity index (χ4n) is 1.31. The summed E-state index contributed by atoms with van der Waals surface area (Å²) in [4.78, 5) is 21.6. The number of nitrogens with one attached hydrogen (secondary N) is 1. The molecule has 0 saturated carbocycles. The van der Waals surface area contributed by atoms with Gasteiger partial charge in [0, 0.05) is 24.2 Å². The lowest BCUT2D eigenvalue weighted by atomic mass is 10.1. The molecule has 0 heterocycles. The van der Waals surface area contributed by atoms with E-state index in [4.69, 9.17) is 5.73 Å². The van der Waals surface area contributed by atoms with Gasteiger partial charge in [-0.05, 0) is 19.4 Å². The zero-order valence-electron chi connectivity index (χ0n) is 10.5. The number of amides is 1. The highest BCUT2D eigenvalue weighted by molar-refractivity contribution is 5.78. The van der Waals surface area contributed by atoms with Gasteiger partial charge in [0.1, 0.15) is 0 Å². The number of nitrogens with zero attached hydrogens (tertiary/aromatic N) is 1. The third-order valence-corrected chi connectivity index (χ3v) is 2.25. The average molecular weight is 251 g/mol. The van der Waals surface area contributed by atoms with Crippen LogP contribution in [0, 0.1) is 10.1 Å². The molecular formula is C12H17N3O3. The fourth-order valence-corrected chi connectivity index (χ4v) is 1.31. The first-order valence-corrected chi connectivity index (χ1v) is 5.57. The molecule has 0 atom stereocenters. The van der Waals surface area contributed by atoms with Crippen molar-refractivity contribution in [3.8, 4) is 0 Å². The molecule has 0 bridgehead atoms. The number of nitro benzene ring substituents is 1. The third-order valence-electron chi connectivity index (χ3n) is 2.25. The van der Waals surface area contributed by atoms with E-state index in [-0.39, 0.29) is 18.0 Å². The molecule has 0 aliphatic heterocycles. The number of hydrogen-bond acceptors (Lipinski definition) is 4. The van der Waals surface area contributed by atoms with Gasteiger partial charge in [-0.25, -0.2) is 0 Å². The summed E-state index contributed by atoms with van der Waals surface area (Å²) in [5.74, 6) is -0.151. The molecule has 0 radical (unpaired) electrons. The van der Waals surface area contributed by atoms with Crippen LogP contribution in [0.15, 0.2) is 24.3 Å². The molecule has 1 aromatic rings. The van der Waals surface area contributed by atoms with Crippen molar-refractivity contribution in [2.45, 2.75) is 25.8 Å². The second kappa shape index (κ2) is 5.59. The number of carbonyl (C=O) groups excluding carboxylic acids is 1. The number of benzene rings is 1. The Kier molecular flexibility index (Phi) is 4.38. The number of non-ortho nitro benzene ring substituents is 1. The minimum atomic E-state index is -0.471. The van der Waals surface area contributed by atoms with Gasteiger partial charge in [-0.15, -0.1) is 0 Å². The van der Waals surface area contributed by atoms with Crippen LogP contribution in [0.4, 0.5) is 5.69 Å². The molecule has 0 spiro atoms. The van der Waals surface area contributed by atoms with Crippen molar-refractivity contribution in [3.63, 3.8) is 0 Å². The van der Waals surface area contributed by atoms with Crippen LogP contribution >= 0.6 is 0 Å². The van der Waals surface area contributed by atoms with Crippen LogP contribution in [0.25, 0.3) is 0 Å². The lowest BCUT2D eigenvalue weighted by Gasteiger charge is -2.18. The van der Waals surface area contributed by atoms with E-state index >= 15 is 0 Å². The van der Waals surface area contributed by atoms with Crippen LogP contribution in [0.1, 0.15) is 19.4 Å². The number of nitrogens with two attached hydrogens (primary N) is 1. The van der Waals surface area contributed by atoms with Crippen molar-refractivity contribution >= 4 is 11.6 Å². The van der Waals surface area contributed by atoms with Gasteiger partial charge < -0.3 is 11.1 Å². The van der Waals surface area contributed by atoms with Crippen molar-refractivity contribution in [2.24, 2.45) is 5.73 Å². The number of rotatable bonds is 5. The Morgan fingerprint density at radius 2 is 1.94 bits per heavy atom. The second-order valence-electron chi connectivity index (χ2n) is 4.87. The highest BCUT2D eigenvalue weighted by Gasteiger charge is 2.12. The molecule has 18 heavy (non-hydrogen) atoms. The minimum absolute atomic E-state index is 0.0160. The lowest BCUT2D eigenvalue weighted by Crippen LogP contribution is -2.45. The van der Waals surface area contributed by atoms with Crippen LogP contribution in [0.5, 0.6) is 0 Å². The quantitative estimate of drug-likeness (QED) is 0.602. The van der Waals surface area contributed by atoms with Crippen LogP contribution in [0.3, 0.4) is 0 Å². The molecule has 98 valence electrons. The SMILES string of the molecule is CC(C)(N)CNC(=O)Cc1ccc([N+](=O)[O-])cc1. The Bertz CT molecular complexity index is 435. The standard InChI is InChI=1S/C12H17N3O3/c1-12(2,13)8-14-11(16)7-9-3-5-10(6-4-9)15(17)18/h3-6H,7-8,13H2,1-2H3,(H,14,16). The first kappa shape index (κ1) is 14.1. The van der Waals surface area contributed by atoms with Crippen molar-refractivity contribution in [1.29, 1.82) is 0 Å². The molecule has 1 rings (SSSR count). The summed E-state index contributed by atoms with van der Waals surface area (Å²) in [6, 6.07) is 5.92. The van der Waals surface area contributed by atoms with E-state index < -0.39 is 10.5 Å². The second-order valence-corrected chi connectivity index (χ2v) is 4.87. The first-order chi connectivity index (χ1) is 8.28. The Morgan fingerprint density at radius 3 is 2.39 bits per heavy atom. The van der Waals surface area contributed by atoms with Crippen molar-refractivity contribution < 1.29 is 9.72 Å². The van der Waals surface area contributed by atoms with Gasteiger partial charge in [0.2, 0.25) is 5.91 Å². The van der Waals surface area contributed by atoms with Crippen LogP contribution in [-0.4, -0.2) is 22.9 Å². The van der Waals surface area contributed by atoms with Gasteiger partial charge in [0.15, 0.2) is 0 Å². The zero-order chi connectivity index (χ0) is 13.8. The number of hydrogen-bond donors (Lipinski definition) is 2. The van der Waals surface area contributed by atoms with Crippen molar-refractivity contribution in [2.75, 3.05) is 6.54 Å². The van der Waals surface area contributed by atoms with Crippen LogP contribution in [0.2, 0.25) is 0 Å². The van der Waals surface area contributed by atoms with Crippen molar-refractivity contribution in [3.05, 3.63) is 39.9 Å². The zero-order valence-corrected chi connectivity index (χ0v) is 10.5. The van der Waals surface area contributed by atoms with E-state index in [2.05, 4.69) is 5.32 Å². The van der Waals surface area contributed by atoms with Gasteiger partial charge in [0.25, 0.3) is 5.69 Å². The molecule has 1 aromatic carbocycles. The predicted octanol–water partition coefficient (Wildman–Crippen LogP) is 0.991. The molecule has 6 nitrogen and oxygen atoms in total. The maximum atomic E-state index is 11.6. The lowest BCUT2D eigenvalue weighted by molar-refractivity contribution is -0.384. The summed E-state index contributed by atoms with van der Waals surface area (Å²) in [5, 5.41) is 13.2. The van der Waals surface area contributed by atoms with Gasteiger partial charge in [-0.1, -0.05) is 12.1 Å². The average Bonchev–Trinajstić information content (AvgIpc) is 2.26. The maximum absolute atomic E-state index is 11.6. The van der Waals surface area contributed by atoms with E-state index in [0.29, 0.717) is 6.54 Å². The number of carbonyl (C=O) groups is 1. The van der Waals surface area contributed by atoms with Crippen LogP contribution < -0.4 is 11.1 Å².